The largest absolute Gasteiger partial charge is 0.344 e. The Bertz CT molecular complexity index is 1790. The van der Waals surface area contributed by atoms with Gasteiger partial charge in [0.2, 0.25) is 17.7 Å². The molecular formula is C46H75N5O7S. The van der Waals surface area contributed by atoms with Crippen LogP contribution in [0.1, 0.15) is 152 Å². The van der Waals surface area contributed by atoms with E-state index in [1.165, 1.54) is 4.31 Å². The van der Waals surface area contributed by atoms with Crippen LogP contribution in [0.15, 0.2) is 12.7 Å². The zero-order chi connectivity index (χ0) is 43.6. The molecule has 2 spiro atoms. The number of amides is 3. The number of fused-ring (bicyclic) bond motifs is 1. The van der Waals surface area contributed by atoms with Crippen molar-refractivity contribution in [1.82, 2.24) is 24.1 Å². The first-order valence-corrected chi connectivity index (χ1v) is 24.3. The molecular weight excluding hydrogens is 767 g/mol. The number of likely N-dealkylation sites (N-methyl/N-ethyl adjacent to an activating group) is 1. The number of hydrogen-bond donors (Lipinski definition) is 2. The molecule has 4 aliphatic carbocycles. The van der Waals surface area contributed by atoms with Crippen molar-refractivity contribution in [3.63, 3.8) is 0 Å². The van der Waals surface area contributed by atoms with Gasteiger partial charge in [0.25, 0.3) is 0 Å². The zero-order valence-corrected chi connectivity index (χ0v) is 38.5. The van der Waals surface area contributed by atoms with Gasteiger partial charge < -0.3 is 10.2 Å². The minimum absolute atomic E-state index is 0.0221. The molecule has 0 radical (unpaired) electrons. The quantitative estimate of drug-likeness (QED) is 0.164. The van der Waals surface area contributed by atoms with Gasteiger partial charge in [0.05, 0.1) is 23.5 Å². The molecule has 59 heavy (non-hydrogen) atoms. The molecule has 12 nitrogen and oxygen atoms in total. The molecule has 2 saturated heterocycles. The van der Waals surface area contributed by atoms with Gasteiger partial charge in [-0.2, -0.15) is 12.7 Å². The summed E-state index contributed by atoms with van der Waals surface area (Å²) in [5.41, 5.74) is -2.72. The van der Waals surface area contributed by atoms with Crippen molar-refractivity contribution < 1.29 is 32.4 Å². The number of rotatable bonds is 17. The van der Waals surface area contributed by atoms with Crippen molar-refractivity contribution >= 4 is 39.5 Å². The minimum atomic E-state index is -4.12. The van der Waals surface area contributed by atoms with Gasteiger partial charge in [-0.15, -0.1) is 6.58 Å². The fraction of sp³-hybridized carbons (Fsp3) is 0.848. The number of nitrogens with zero attached hydrogens (tertiary/aromatic N) is 3. The molecule has 0 aromatic rings. The first kappa shape index (κ1) is 45.9. The maximum absolute atomic E-state index is 15.4. The van der Waals surface area contributed by atoms with Crippen LogP contribution in [0.4, 0.5) is 0 Å². The predicted octanol–water partition coefficient (Wildman–Crippen LogP) is 6.20. The smallest absolute Gasteiger partial charge is 0.303 e. The average Bonchev–Trinajstić information content (AvgIpc) is 3.67. The van der Waals surface area contributed by atoms with Crippen molar-refractivity contribution in [1.29, 1.82) is 0 Å². The molecule has 0 unspecified atom stereocenters. The number of Topliss-reactive ketones (excluding diaryl/α,β-unsaturated/α-hetero) is 2. The second kappa shape index (κ2) is 16.2. The second-order valence-corrected chi connectivity index (χ2v) is 22.9. The van der Waals surface area contributed by atoms with Crippen molar-refractivity contribution in [3.05, 3.63) is 12.7 Å². The molecule has 0 bridgehead atoms. The Morgan fingerprint density at radius 1 is 0.881 bits per heavy atom. The van der Waals surface area contributed by atoms with E-state index in [2.05, 4.69) is 49.2 Å². The lowest BCUT2D eigenvalue weighted by atomic mass is 9.67. The van der Waals surface area contributed by atoms with Crippen molar-refractivity contribution in [3.8, 4) is 0 Å². The molecule has 2 aliphatic heterocycles. The third-order valence-electron chi connectivity index (χ3n) is 17.2. The van der Waals surface area contributed by atoms with E-state index >= 15 is 4.79 Å². The monoisotopic (exact) mass is 842 g/mol. The summed E-state index contributed by atoms with van der Waals surface area (Å²) in [7, 11) is -4.12. The van der Waals surface area contributed by atoms with Crippen LogP contribution in [0.25, 0.3) is 0 Å². The van der Waals surface area contributed by atoms with Gasteiger partial charge in [0, 0.05) is 43.8 Å². The summed E-state index contributed by atoms with van der Waals surface area (Å²) in [6.07, 6.45) is 11.7. The molecule has 2 heterocycles. The van der Waals surface area contributed by atoms with Crippen LogP contribution in [0.2, 0.25) is 0 Å². The van der Waals surface area contributed by atoms with Crippen LogP contribution in [0.5, 0.6) is 0 Å². The Balaban J connectivity index is 1.30. The van der Waals surface area contributed by atoms with E-state index < -0.39 is 50.4 Å². The molecule has 332 valence electrons. The van der Waals surface area contributed by atoms with Gasteiger partial charge >= 0.3 is 10.2 Å². The van der Waals surface area contributed by atoms with Crippen LogP contribution in [0.3, 0.4) is 0 Å². The Labute approximate surface area is 355 Å². The lowest BCUT2D eigenvalue weighted by Gasteiger charge is -2.42. The summed E-state index contributed by atoms with van der Waals surface area (Å²) >= 11 is 0. The Hall–Kier alpha value is -2.64. The summed E-state index contributed by atoms with van der Waals surface area (Å²) in [4.78, 5) is 77.0. The fourth-order valence-corrected chi connectivity index (χ4v) is 14.1. The maximum Gasteiger partial charge on any atom is 0.303 e. The molecule has 0 aromatic carbocycles. The first-order chi connectivity index (χ1) is 27.5. The molecule has 13 heteroatoms. The van der Waals surface area contributed by atoms with E-state index in [-0.39, 0.29) is 77.5 Å². The normalized spacial score (nSPS) is 31.7. The van der Waals surface area contributed by atoms with Gasteiger partial charge in [-0.05, 0) is 92.0 Å². The highest BCUT2D eigenvalue weighted by Crippen LogP contribution is 2.88. The van der Waals surface area contributed by atoms with Gasteiger partial charge in [-0.25, -0.2) is 4.72 Å². The molecule has 4 saturated carbocycles. The molecule has 0 aromatic heterocycles. The predicted molar refractivity (Wildman–Crippen MR) is 229 cm³/mol. The van der Waals surface area contributed by atoms with Crippen molar-refractivity contribution in [2.45, 2.75) is 170 Å². The summed E-state index contributed by atoms with van der Waals surface area (Å²) < 4.78 is 29.8. The van der Waals surface area contributed by atoms with Crippen molar-refractivity contribution in [2.75, 3.05) is 32.7 Å². The number of carbonyl (C=O) groups is 5. The zero-order valence-electron chi connectivity index (χ0n) is 37.7. The van der Waals surface area contributed by atoms with Crippen LogP contribution < -0.4 is 10.0 Å². The summed E-state index contributed by atoms with van der Waals surface area (Å²) in [6, 6.07) is -1.82. The van der Waals surface area contributed by atoms with E-state index in [0.717, 1.165) is 77.3 Å². The van der Waals surface area contributed by atoms with Gasteiger partial charge in [-0.1, -0.05) is 94.1 Å². The van der Waals surface area contributed by atoms with E-state index in [1.807, 2.05) is 20.8 Å². The van der Waals surface area contributed by atoms with E-state index in [4.69, 9.17) is 0 Å². The first-order valence-electron chi connectivity index (χ1n) is 22.9. The van der Waals surface area contributed by atoms with Gasteiger partial charge in [0.15, 0.2) is 11.6 Å². The van der Waals surface area contributed by atoms with Crippen LogP contribution >= 0.6 is 0 Å². The summed E-state index contributed by atoms with van der Waals surface area (Å²) in [5, 5.41) is 3.27. The van der Waals surface area contributed by atoms with Crippen LogP contribution in [0, 0.1) is 44.3 Å². The van der Waals surface area contributed by atoms with E-state index in [9.17, 15) is 27.6 Å². The van der Waals surface area contributed by atoms with Crippen LogP contribution in [-0.2, 0) is 34.2 Å². The number of ketones is 2. The molecule has 6 aliphatic rings. The highest BCUT2D eigenvalue weighted by molar-refractivity contribution is 7.87. The van der Waals surface area contributed by atoms with E-state index in [0.29, 0.717) is 19.4 Å². The van der Waals surface area contributed by atoms with Crippen molar-refractivity contribution in [2.24, 2.45) is 44.3 Å². The van der Waals surface area contributed by atoms with Gasteiger partial charge in [-0.3, -0.25) is 28.9 Å². The molecule has 6 rings (SSSR count). The van der Waals surface area contributed by atoms with Crippen LogP contribution in [-0.4, -0.2) is 103 Å². The standard InChI is InChI=1S/C46H75N5O7S/c1-11-31-27-44(31,40(56)48-59(57,58)50(13-3)14-4)29-36(53)34-28-46(42(8,9)45(46)23-19-24-45)30-51(34)39(55)32(41(5,6)7)26-35(52)37(43(10)21-16-15-17-22-43)47-38(54)33-20-18-25-49(33)12-2/h11,31-34,37H,1,12-30H2,2-10H3,(H,47,54)(H,48,56)/t31-,32-,33+,34+,37-,44-,46-/m1/s1. The topological polar surface area (TPSA) is 153 Å². The molecule has 2 N–H and O–H groups in total. The lowest BCUT2D eigenvalue weighted by Crippen LogP contribution is -2.57. The number of nitrogens with one attached hydrogen (secondary N) is 2. The molecule has 7 atom stereocenters. The highest BCUT2D eigenvalue weighted by Gasteiger charge is 2.85. The van der Waals surface area contributed by atoms with E-state index in [1.54, 1.807) is 24.8 Å². The Morgan fingerprint density at radius 3 is 2.03 bits per heavy atom. The SMILES string of the molecule is C=C[C@@H]1C[C@]1(CC(=O)[C@@H]1C[C@@]2(CN1C(=O)[C@@H](CC(=O)[C@@H](NC(=O)[C@@H]1CCCN1CC)C1(C)CCCCC1)C(C)(C)C)C(C)(C)C21CCC1)C(=O)NS(=O)(=O)N(CC)CC. The number of likely N-dealkylation sites (tertiary alicyclic amines) is 2. The minimum Gasteiger partial charge on any atom is -0.344 e. The van der Waals surface area contributed by atoms with Gasteiger partial charge in [0.1, 0.15) is 0 Å². The maximum atomic E-state index is 15.4. The third kappa shape index (κ3) is 7.67. The number of allylic oxidation sites excluding steroid dienone is 1. The third-order valence-corrected chi connectivity index (χ3v) is 18.9. The average molecular weight is 842 g/mol. The highest BCUT2D eigenvalue weighted by atomic mass is 32.2. The number of hydrogen-bond acceptors (Lipinski definition) is 8. The summed E-state index contributed by atoms with van der Waals surface area (Å²) in [5.74, 6) is -2.57. The number of carbonyl (C=O) groups excluding carboxylic acids is 5. The lowest BCUT2D eigenvalue weighted by molar-refractivity contribution is -0.147. The Morgan fingerprint density at radius 2 is 1.53 bits per heavy atom. The molecule has 3 amide bonds. The summed E-state index contributed by atoms with van der Waals surface area (Å²) in [6.45, 7) is 24.3. The molecule has 6 fully saturated rings. The Kier molecular flexibility index (Phi) is 12.6. The fourth-order valence-electron chi connectivity index (χ4n) is 12.9. The second-order valence-electron chi connectivity index (χ2n) is 21.2.